The molecule has 0 aliphatic heterocycles. The third-order valence-corrected chi connectivity index (χ3v) is 6.96. The van der Waals surface area contributed by atoms with E-state index in [1.807, 2.05) is 24.3 Å². The predicted molar refractivity (Wildman–Crippen MR) is 130 cm³/mol. The summed E-state index contributed by atoms with van der Waals surface area (Å²) in [6.07, 6.45) is -1.27. The number of hydrogen-bond donors (Lipinski definition) is 3. The van der Waals surface area contributed by atoms with Crippen molar-refractivity contribution in [3.8, 4) is 16.9 Å². The Kier molecular flexibility index (Phi) is 6.93. The first kappa shape index (κ1) is 24.5. The molecule has 0 bridgehead atoms. The van der Waals surface area contributed by atoms with Gasteiger partial charge in [0.1, 0.15) is 17.4 Å². The second kappa shape index (κ2) is 9.91. The summed E-state index contributed by atoms with van der Waals surface area (Å²) in [5.74, 6) is -0.914. The normalized spacial score (nSPS) is 13.6. The summed E-state index contributed by atoms with van der Waals surface area (Å²) in [5, 5.41) is 20.5. The number of benzene rings is 3. The summed E-state index contributed by atoms with van der Waals surface area (Å²) in [6, 6.07) is 21.0. The standard InChI is InChI=1S/C26H25NO7S/c1-16(2)24(25(28)29)27-35(31,32)21-13-9-18(10-14-21)17-7-11-20(12-8-17)33-26(30)23-15-19-5-3-4-6-22(19)34-23/h3-16,24,26-27,30H,1-2H3,(H,28,29)/t24-,26?/m0/s1. The molecule has 1 heterocycles. The zero-order chi connectivity index (χ0) is 25.2. The van der Waals surface area contributed by atoms with Gasteiger partial charge < -0.3 is 19.4 Å². The van der Waals surface area contributed by atoms with Crippen molar-refractivity contribution in [1.82, 2.24) is 4.72 Å². The fraction of sp³-hybridized carbons (Fsp3) is 0.192. The van der Waals surface area contributed by atoms with Crippen LogP contribution in [0.25, 0.3) is 22.1 Å². The Morgan fingerprint density at radius 3 is 2.11 bits per heavy atom. The molecular formula is C26H25NO7S. The van der Waals surface area contributed by atoms with E-state index in [9.17, 15) is 23.4 Å². The number of aliphatic hydroxyl groups excluding tert-OH is 1. The Morgan fingerprint density at radius 1 is 0.943 bits per heavy atom. The zero-order valence-electron chi connectivity index (χ0n) is 19.1. The Labute approximate surface area is 202 Å². The number of aliphatic hydroxyl groups is 1. The number of furan rings is 1. The van der Waals surface area contributed by atoms with Crippen LogP contribution in [-0.4, -0.2) is 30.6 Å². The molecule has 0 saturated carbocycles. The average Bonchev–Trinajstić information content (AvgIpc) is 3.27. The lowest BCUT2D eigenvalue weighted by molar-refractivity contribution is -0.140. The molecule has 0 aliphatic carbocycles. The molecule has 0 spiro atoms. The van der Waals surface area contributed by atoms with Gasteiger partial charge >= 0.3 is 5.97 Å². The van der Waals surface area contributed by atoms with Crippen LogP contribution < -0.4 is 9.46 Å². The molecule has 0 radical (unpaired) electrons. The quantitative estimate of drug-likeness (QED) is 0.291. The number of hydrogen-bond acceptors (Lipinski definition) is 6. The van der Waals surface area contributed by atoms with Gasteiger partial charge in [0.15, 0.2) is 5.76 Å². The van der Waals surface area contributed by atoms with Crippen molar-refractivity contribution in [2.45, 2.75) is 31.1 Å². The number of sulfonamides is 1. The van der Waals surface area contributed by atoms with Gasteiger partial charge in [0, 0.05) is 5.39 Å². The first-order valence-corrected chi connectivity index (χ1v) is 12.4. The van der Waals surface area contributed by atoms with Crippen LogP contribution >= 0.6 is 0 Å². The van der Waals surface area contributed by atoms with Crippen molar-refractivity contribution in [2.75, 3.05) is 0 Å². The number of para-hydroxylation sites is 1. The molecule has 1 unspecified atom stereocenters. The fourth-order valence-electron chi connectivity index (χ4n) is 3.57. The van der Waals surface area contributed by atoms with Gasteiger partial charge in [-0.2, -0.15) is 4.72 Å². The Bertz CT molecular complexity index is 1390. The number of aliphatic carboxylic acids is 1. The molecule has 4 aromatic rings. The Balaban J connectivity index is 1.45. The van der Waals surface area contributed by atoms with Gasteiger partial charge in [-0.1, -0.05) is 56.3 Å². The van der Waals surface area contributed by atoms with E-state index in [1.54, 1.807) is 56.3 Å². The van der Waals surface area contributed by atoms with E-state index in [0.29, 0.717) is 17.1 Å². The van der Waals surface area contributed by atoms with Gasteiger partial charge in [0.05, 0.1) is 4.90 Å². The highest BCUT2D eigenvalue weighted by Gasteiger charge is 2.28. The monoisotopic (exact) mass is 495 g/mol. The first-order valence-electron chi connectivity index (χ1n) is 10.9. The molecule has 3 aromatic carbocycles. The molecule has 8 nitrogen and oxygen atoms in total. The summed E-state index contributed by atoms with van der Waals surface area (Å²) in [5.41, 5.74) is 2.22. The van der Waals surface area contributed by atoms with E-state index >= 15 is 0 Å². The van der Waals surface area contributed by atoms with Crippen LogP contribution in [0.3, 0.4) is 0 Å². The molecule has 1 aromatic heterocycles. The molecular weight excluding hydrogens is 470 g/mol. The molecule has 35 heavy (non-hydrogen) atoms. The van der Waals surface area contributed by atoms with Crippen LogP contribution in [0.2, 0.25) is 0 Å². The topological polar surface area (TPSA) is 126 Å². The highest BCUT2D eigenvalue weighted by Crippen LogP contribution is 2.28. The van der Waals surface area contributed by atoms with Crippen LogP contribution in [0.15, 0.2) is 88.2 Å². The summed E-state index contributed by atoms with van der Waals surface area (Å²) in [7, 11) is -3.99. The van der Waals surface area contributed by atoms with E-state index in [-0.39, 0.29) is 4.90 Å². The minimum atomic E-state index is -3.99. The fourth-order valence-corrected chi connectivity index (χ4v) is 4.91. The number of fused-ring (bicyclic) bond motifs is 1. The van der Waals surface area contributed by atoms with Gasteiger partial charge in [0.25, 0.3) is 6.29 Å². The number of nitrogens with one attached hydrogen (secondary N) is 1. The van der Waals surface area contributed by atoms with Gasteiger partial charge in [-0.05, 0) is 53.4 Å². The summed E-state index contributed by atoms with van der Waals surface area (Å²) >= 11 is 0. The number of carboxylic acids is 1. The maximum absolute atomic E-state index is 12.6. The van der Waals surface area contributed by atoms with Gasteiger partial charge in [-0.3, -0.25) is 4.79 Å². The summed E-state index contributed by atoms with van der Waals surface area (Å²) in [6.45, 7) is 3.26. The van der Waals surface area contributed by atoms with Crippen LogP contribution in [0.5, 0.6) is 5.75 Å². The highest BCUT2D eigenvalue weighted by atomic mass is 32.2. The van der Waals surface area contributed by atoms with Crippen molar-refractivity contribution >= 4 is 27.0 Å². The minimum Gasteiger partial charge on any atom is -0.480 e. The number of carbonyl (C=O) groups is 1. The summed E-state index contributed by atoms with van der Waals surface area (Å²) in [4.78, 5) is 11.3. The van der Waals surface area contributed by atoms with Gasteiger partial charge in [0.2, 0.25) is 10.0 Å². The molecule has 0 fully saturated rings. The number of rotatable bonds is 9. The molecule has 4 rings (SSSR count). The third-order valence-electron chi connectivity index (χ3n) is 5.50. The lowest BCUT2D eigenvalue weighted by Gasteiger charge is -2.18. The predicted octanol–water partition coefficient (Wildman–Crippen LogP) is 4.56. The molecule has 9 heteroatoms. The van der Waals surface area contributed by atoms with E-state index < -0.39 is 34.2 Å². The average molecular weight is 496 g/mol. The van der Waals surface area contributed by atoms with E-state index in [4.69, 9.17) is 9.15 Å². The molecule has 182 valence electrons. The first-order chi connectivity index (χ1) is 16.6. The van der Waals surface area contributed by atoms with Crippen molar-refractivity contribution in [3.05, 3.63) is 84.6 Å². The largest absolute Gasteiger partial charge is 0.480 e. The van der Waals surface area contributed by atoms with Gasteiger partial charge in [-0.25, -0.2) is 8.42 Å². The number of ether oxygens (including phenoxy) is 1. The second-order valence-corrected chi connectivity index (χ2v) is 10.1. The van der Waals surface area contributed by atoms with E-state index in [0.717, 1.165) is 16.5 Å². The lowest BCUT2D eigenvalue weighted by Crippen LogP contribution is -2.44. The Hall–Kier alpha value is -3.66. The Morgan fingerprint density at radius 2 is 1.54 bits per heavy atom. The molecule has 0 aliphatic rings. The zero-order valence-corrected chi connectivity index (χ0v) is 19.9. The van der Waals surface area contributed by atoms with Gasteiger partial charge in [-0.15, -0.1) is 0 Å². The highest BCUT2D eigenvalue weighted by molar-refractivity contribution is 7.89. The SMILES string of the molecule is CC(C)[C@H](NS(=O)(=O)c1ccc(-c2ccc(OC(O)c3cc4ccccc4o3)cc2)cc1)C(=O)O. The molecule has 3 N–H and O–H groups in total. The van der Waals surface area contributed by atoms with Crippen LogP contribution in [0.4, 0.5) is 0 Å². The maximum Gasteiger partial charge on any atom is 0.322 e. The van der Waals surface area contributed by atoms with Crippen molar-refractivity contribution in [2.24, 2.45) is 5.92 Å². The van der Waals surface area contributed by atoms with Crippen molar-refractivity contribution < 1.29 is 32.6 Å². The van der Waals surface area contributed by atoms with Crippen molar-refractivity contribution in [1.29, 1.82) is 0 Å². The number of carboxylic acid groups (broad SMARTS) is 1. The molecule has 2 atom stereocenters. The van der Waals surface area contributed by atoms with E-state index in [2.05, 4.69) is 4.72 Å². The van der Waals surface area contributed by atoms with Crippen LogP contribution in [-0.2, 0) is 14.8 Å². The third kappa shape index (κ3) is 5.54. The lowest BCUT2D eigenvalue weighted by atomic mass is 10.1. The maximum atomic E-state index is 12.6. The minimum absolute atomic E-state index is 0.0259. The van der Waals surface area contributed by atoms with E-state index in [1.165, 1.54) is 12.1 Å². The summed E-state index contributed by atoms with van der Waals surface area (Å²) < 4.78 is 38.6. The van der Waals surface area contributed by atoms with Crippen molar-refractivity contribution in [3.63, 3.8) is 0 Å². The molecule has 0 saturated heterocycles. The van der Waals surface area contributed by atoms with Crippen LogP contribution in [0, 0.1) is 5.92 Å². The second-order valence-electron chi connectivity index (χ2n) is 8.39. The molecule has 0 amide bonds. The van der Waals surface area contributed by atoms with Crippen LogP contribution in [0.1, 0.15) is 25.9 Å². The smallest absolute Gasteiger partial charge is 0.322 e.